The summed E-state index contributed by atoms with van der Waals surface area (Å²) >= 11 is 0. The first-order valence-electron chi connectivity index (χ1n) is 5.69. The maximum absolute atomic E-state index is 9.81. The molecule has 0 radical (unpaired) electrons. The summed E-state index contributed by atoms with van der Waals surface area (Å²) < 4.78 is 5.12. The zero-order chi connectivity index (χ0) is 12.7. The molecular formula is C15H18O2. The van der Waals surface area contributed by atoms with E-state index < -0.39 is 0 Å². The second-order valence-corrected chi connectivity index (χ2v) is 3.77. The molecule has 0 amide bonds. The second kappa shape index (κ2) is 6.69. The van der Waals surface area contributed by atoms with E-state index in [1.165, 1.54) is 10.8 Å². The number of fused-ring (bicyclic) bond motifs is 1. The quantitative estimate of drug-likeness (QED) is 0.783. The third-order valence-electron chi connectivity index (χ3n) is 2.45. The lowest BCUT2D eigenvalue weighted by molar-refractivity contribution is -0.116. The van der Waals surface area contributed by atoms with Crippen molar-refractivity contribution >= 4 is 16.6 Å². The summed E-state index contributed by atoms with van der Waals surface area (Å²) in [5, 5.41) is 2.47. The van der Waals surface area contributed by atoms with Crippen LogP contribution in [0, 0.1) is 0 Å². The summed E-state index contributed by atoms with van der Waals surface area (Å²) in [6, 6.07) is 14.3. The van der Waals surface area contributed by atoms with Crippen LogP contribution in [-0.4, -0.2) is 12.9 Å². The Morgan fingerprint density at radius 3 is 2.24 bits per heavy atom. The lowest BCUT2D eigenvalue weighted by Crippen LogP contribution is -1.81. The highest BCUT2D eigenvalue weighted by atomic mass is 16.5. The average molecular weight is 230 g/mol. The molecule has 2 heteroatoms. The predicted octanol–water partition coefficient (Wildman–Crippen LogP) is 3.83. The molecule has 0 heterocycles. The summed E-state index contributed by atoms with van der Waals surface area (Å²) in [7, 11) is 1.68. The van der Waals surface area contributed by atoms with Gasteiger partial charge in [-0.2, -0.15) is 0 Å². The highest BCUT2D eigenvalue weighted by Crippen LogP contribution is 2.19. The van der Waals surface area contributed by atoms with E-state index in [0.29, 0.717) is 6.42 Å². The van der Waals surface area contributed by atoms with Crippen molar-refractivity contribution in [2.24, 2.45) is 0 Å². The number of benzene rings is 2. The third-order valence-corrected chi connectivity index (χ3v) is 2.45. The van der Waals surface area contributed by atoms with Gasteiger partial charge in [0.2, 0.25) is 0 Å². The minimum atomic E-state index is 0.255. The van der Waals surface area contributed by atoms with Crippen molar-refractivity contribution in [3.63, 3.8) is 0 Å². The molecule has 0 fully saturated rings. The molecule has 0 spiro atoms. The summed E-state index contributed by atoms with van der Waals surface area (Å²) in [5.41, 5.74) is 0. The van der Waals surface area contributed by atoms with Crippen molar-refractivity contribution in [3.05, 3.63) is 42.5 Å². The smallest absolute Gasteiger partial charge is 0.129 e. The highest BCUT2D eigenvalue weighted by Gasteiger charge is 1.93. The number of methoxy groups -OCH3 is 1. The van der Waals surface area contributed by atoms with E-state index in [-0.39, 0.29) is 5.78 Å². The number of Topliss-reactive ketones (excluding diaryl/α,β-unsaturated/α-hetero) is 1. The summed E-state index contributed by atoms with van der Waals surface area (Å²) in [4.78, 5) is 9.81. The van der Waals surface area contributed by atoms with Crippen molar-refractivity contribution < 1.29 is 9.53 Å². The maximum atomic E-state index is 9.81. The lowest BCUT2D eigenvalue weighted by atomic mass is 10.1. The van der Waals surface area contributed by atoms with Gasteiger partial charge in [0.1, 0.15) is 11.5 Å². The van der Waals surface area contributed by atoms with Crippen LogP contribution < -0.4 is 4.74 Å². The number of ketones is 1. The Morgan fingerprint density at radius 2 is 1.71 bits per heavy atom. The summed E-state index contributed by atoms with van der Waals surface area (Å²) in [6.07, 6.45) is 0.667. The van der Waals surface area contributed by atoms with Crippen LogP contribution in [0.15, 0.2) is 42.5 Å². The molecule has 0 saturated heterocycles. The predicted molar refractivity (Wildman–Crippen MR) is 71.5 cm³/mol. The first kappa shape index (κ1) is 13.2. The van der Waals surface area contributed by atoms with Gasteiger partial charge >= 0.3 is 0 Å². The number of rotatable bonds is 2. The Labute approximate surface area is 102 Å². The van der Waals surface area contributed by atoms with Crippen LogP contribution in [0.2, 0.25) is 0 Å². The van der Waals surface area contributed by atoms with E-state index in [4.69, 9.17) is 4.74 Å². The van der Waals surface area contributed by atoms with Gasteiger partial charge in [-0.05, 0) is 29.8 Å². The van der Waals surface area contributed by atoms with E-state index in [0.717, 1.165) is 5.75 Å². The van der Waals surface area contributed by atoms with Crippen LogP contribution in [0.4, 0.5) is 0 Å². The Hall–Kier alpha value is -1.83. The Bertz CT molecular complexity index is 489. The Kier molecular flexibility index (Phi) is 5.21. The summed E-state index contributed by atoms with van der Waals surface area (Å²) in [5.74, 6) is 1.17. The van der Waals surface area contributed by atoms with Gasteiger partial charge in [-0.1, -0.05) is 37.3 Å². The Balaban J connectivity index is 0.000000249. The maximum Gasteiger partial charge on any atom is 0.129 e. The van der Waals surface area contributed by atoms with Gasteiger partial charge in [0.15, 0.2) is 0 Å². The molecule has 0 atom stereocenters. The van der Waals surface area contributed by atoms with Crippen molar-refractivity contribution in [1.82, 2.24) is 0 Å². The van der Waals surface area contributed by atoms with Crippen LogP contribution in [-0.2, 0) is 4.79 Å². The number of carbonyl (C=O) groups is 1. The largest absolute Gasteiger partial charge is 0.497 e. The minimum Gasteiger partial charge on any atom is -0.497 e. The van der Waals surface area contributed by atoms with E-state index >= 15 is 0 Å². The first-order valence-corrected chi connectivity index (χ1v) is 5.69. The van der Waals surface area contributed by atoms with E-state index in [2.05, 4.69) is 18.2 Å². The monoisotopic (exact) mass is 230 g/mol. The fraction of sp³-hybridized carbons (Fsp3) is 0.267. The van der Waals surface area contributed by atoms with Gasteiger partial charge in [0.05, 0.1) is 7.11 Å². The lowest BCUT2D eigenvalue weighted by Gasteiger charge is -2.00. The molecule has 90 valence electrons. The van der Waals surface area contributed by atoms with Gasteiger partial charge < -0.3 is 9.53 Å². The third kappa shape index (κ3) is 4.27. The SMILES string of the molecule is CCC(C)=O.COc1ccc2ccccc2c1. The molecule has 2 rings (SSSR count). The van der Waals surface area contributed by atoms with E-state index in [9.17, 15) is 4.79 Å². The molecule has 0 aliphatic rings. The molecule has 0 N–H and O–H groups in total. The highest BCUT2D eigenvalue weighted by molar-refractivity contribution is 5.83. The number of ether oxygens (including phenoxy) is 1. The molecular weight excluding hydrogens is 212 g/mol. The fourth-order valence-corrected chi connectivity index (χ4v) is 1.29. The summed E-state index contributed by atoms with van der Waals surface area (Å²) in [6.45, 7) is 3.43. The number of hydrogen-bond acceptors (Lipinski definition) is 2. The normalized spacial score (nSPS) is 9.35. The molecule has 0 aromatic heterocycles. The molecule has 17 heavy (non-hydrogen) atoms. The van der Waals surface area contributed by atoms with Crippen molar-refractivity contribution in [2.75, 3.05) is 7.11 Å². The Morgan fingerprint density at radius 1 is 1.12 bits per heavy atom. The molecule has 0 bridgehead atoms. The van der Waals surface area contributed by atoms with Crippen LogP contribution in [0.5, 0.6) is 5.75 Å². The molecule has 2 nitrogen and oxygen atoms in total. The zero-order valence-electron chi connectivity index (χ0n) is 10.6. The van der Waals surface area contributed by atoms with Gasteiger partial charge in [-0.15, -0.1) is 0 Å². The van der Waals surface area contributed by atoms with E-state index in [1.54, 1.807) is 14.0 Å². The molecule has 0 aliphatic heterocycles. The fourth-order valence-electron chi connectivity index (χ4n) is 1.29. The zero-order valence-corrected chi connectivity index (χ0v) is 10.6. The van der Waals surface area contributed by atoms with Crippen molar-refractivity contribution in [1.29, 1.82) is 0 Å². The molecule has 2 aromatic rings. The molecule has 2 aromatic carbocycles. The van der Waals surface area contributed by atoms with Gasteiger partial charge in [-0.25, -0.2) is 0 Å². The number of carbonyl (C=O) groups excluding carboxylic acids is 1. The molecule has 0 unspecified atom stereocenters. The van der Waals surface area contributed by atoms with Crippen LogP contribution in [0.3, 0.4) is 0 Å². The second-order valence-electron chi connectivity index (χ2n) is 3.77. The van der Waals surface area contributed by atoms with Crippen LogP contribution in [0.25, 0.3) is 10.8 Å². The minimum absolute atomic E-state index is 0.255. The van der Waals surface area contributed by atoms with Gasteiger partial charge in [-0.3, -0.25) is 0 Å². The van der Waals surface area contributed by atoms with Gasteiger partial charge in [0.25, 0.3) is 0 Å². The standard InChI is InChI=1S/C11H10O.C4H8O/c1-12-11-7-6-9-4-2-3-5-10(9)8-11;1-3-4(2)5/h2-8H,1H3;3H2,1-2H3. The van der Waals surface area contributed by atoms with Crippen LogP contribution in [0.1, 0.15) is 20.3 Å². The molecule has 0 aliphatic carbocycles. The molecule has 0 saturated carbocycles. The average Bonchev–Trinajstić information content (AvgIpc) is 2.38. The van der Waals surface area contributed by atoms with E-state index in [1.807, 2.05) is 31.2 Å². The first-order chi connectivity index (χ1) is 8.17. The van der Waals surface area contributed by atoms with Crippen molar-refractivity contribution in [3.8, 4) is 5.75 Å². The van der Waals surface area contributed by atoms with Crippen LogP contribution >= 0.6 is 0 Å². The van der Waals surface area contributed by atoms with Gasteiger partial charge in [0, 0.05) is 6.42 Å². The number of hydrogen-bond donors (Lipinski definition) is 0. The van der Waals surface area contributed by atoms with Crippen molar-refractivity contribution in [2.45, 2.75) is 20.3 Å². The topological polar surface area (TPSA) is 26.3 Å².